The molecule has 1 aliphatic heterocycles. The number of likely N-dealkylation sites (tertiary alicyclic amines) is 1. The van der Waals surface area contributed by atoms with E-state index in [1.165, 1.54) is 0 Å². The monoisotopic (exact) mass is 299 g/mol. The largest absolute Gasteiger partial charge is 0.481 e. The molecule has 0 spiro atoms. The Morgan fingerprint density at radius 1 is 1.32 bits per heavy atom. The van der Waals surface area contributed by atoms with Crippen LogP contribution in [0, 0.1) is 5.41 Å². The molecule has 1 atom stereocenters. The van der Waals surface area contributed by atoms with Crippen LogP contribution < -0.4 is 0 Å². The molecule has 6 nitrogen and oxygen atoms in total. The average molecular weight is 299 g/mol. The van der Waals surface area contributed by atoms with Crippen molar-refractivity contribution in [2.24, 2.45) is 5.41 Å². The van der Waals surface area contributed by atoms with E-state index in [1.54, 1.807) is 17.9 Å². The lowest BCUT2D eigenvalue weighted by Gasteiger charge is -2.19. The van der Waals surface area contributed by atoms with Crippen LogP contribution in [-0.4, -0.2) is 45.2 Å². The molecule has 1 aromatic heterocycles. The fourth-order valence-corrected chi connectivity index (χ4v) is 2.67. The first-order chi connectivity index (χ1) is 10.5. The normalized spacial score (nSPS) is 21.0. The number of carbonyl (C=O) groups is 2. The molecule has 22 heavy (non-hydrogen) atoms. The summed E-state index contributed by atoms with van der Waals surface area (Å²) in [7, 11) is 0. The first-order valence-electron chi connectivity index (χ1n) is 7.13. The van der Waals surface area contributed by atoms with Gasteiger partial charge in [0.2, 0.25) is 0 Å². The predicted molar refractivity (Wildman–Crippen MR) is 80.3 cm³/mol. The van der Waals surface area contributed by atoms with E-state index in [-0.39, 0.29) is 12.5 Å². The van der Waals surface area contributed by atoms with Crippen molar-refractivity contribution >= 4 is 11.9 Å². The van der Waals surface area contributed by atoms with Gasteiger partial charge in [0.05, 0.1) is 11.1 Å². The van der Waals surface area contributed by atoms with Gasteiger partial charge in [-0.15, -0.1) is 0 Å². The van der Waals surface area contributed by atoms with E-state index in [1.807, 2.05) is 30.3 Å². The van der Waals surface area contributed by atoms with Crippen molar-refractivity contribution in [2.75, 3.05) is 13.1 Å². The van der Waals surface area contributed by atoms with Crippen LogP contribution in [0.5, 0.6) is 0 Å². The van der Waals surface area contributed by atoms with Crippen molar-refractivity contribution in [1.29, 1.82) is 0 Å². The van der Waals surface area contributed by atoms with Crippen LogP contribution in [0.25, 0.3) is 11.3 Å². The second-order valence-electron chi connectivity index (χ2n) is 5.88. The molecule has 1 fully saturated rings. The van der Waals surface area contributed by atoms with Gasteiger partial charge in [0.25, 0.3) is 5.91 Å². The quantitative estimate of drug-likeness (QED) is 0.907. The third kappa shape index (κ3) is 2.47. The van der Waals surface area contributed by atoms with Gasteiger partial charge in [0, 0.05) is 18.7 Å². The van der Waals surface area contributed by atoms with Crippen molar-refractivity contribution in [3.63, 3.8) is 0 Å². The summed E-state index contributed by atoms with van der Waals surface area (Å²) in [5.41, 5.74) is 1.14. The highest BCUT2D eigenvalue weighted by molar-refractivity contribution is 5.94. The fraction of sp³-hybridized carbons (Fsp3) is 0.312. The van der Waals surface area contributed by atoms with Crippen molar-refractivity contribution < 1.29 is 14.7 Å². The van der Waals surface area contributed by atoms with Gasteiger partial charge in [-0.1, -0.05) is 30.3 Å². The molecule has 2 N–H and O–H groups in total. The van der Waals surface area contributed by atoms with Crippen LogP contribution in [0.15, 0.2) is 36.4 Å². The van der Waals surface area contributed by atoms with Gasteiger partial charge in [-0.05, 0) is 19.4 Å². The molecule has 1 aromatic carbocycles. The molecular weight excluding hydrogens is 282 g/mol. The molecule has 1 saturated heterocycles. The van der Waals surface area contributed by atoms with Crippen molar-refractivity contribution in [3.05, 3.63) is 42.1 Å². The molecule has 0 bridgehead atoms. The number of carboxylic acids is 1. The Labute approximate surface area is 127 Å². The summed E-state index contributed by atoms with van der Waals surface area (Å²) in [5.74, 6) is -1.07. The summed E-state index contributed by atoms with van der Waals surface area (Å²) >= 11 is 0. The zero-order valence-electron chi connectivity index (χ0n) is 12.2. The lowest BCUT2D eigenvalue weighted by molar-refractivity contribution is -0.147. The van der Waals surface area contributed by atoms with E-state index in [2.05, 4.69) is 10.2 Å². The zero-order valence-corrected chi connectivity index (χ0v) is 12.2. The van der Waals surface area contributed by atoms with E-state index < -0.39 is 11.4 Å². The Hall–Kier alpha value is -2.63. The molecule has 1 amide bonds. The summed E-state index contributed by atoms with van der Waals surface area (Å²) < 4.78 is 0. The number of nitrogens with zero attached hydrogens (tertiary/aromatic N) is 2. The molecule has 6 heteroatoms. The minimum absolute atomic E-state index is 0.209. The summed E-state index contributed by atoms with van der Waals surface area (Å²) in [6, 6.07) is 11.3. The molecule has 2 heterocycles. The number of aliphatic carboxylic acids is 1. The molecule has 2 aromatic rings. The first kappa shape index (κ1) is 14.3. The highest BCUT2D eigenvalue weighted by Crippen LogP contribution is 2.31. The molecule has 0 radical (unpaired) electrons. The van der Waals surface area contributed by atoms with Crippen LogP contribution in [0.4, 0.5) is 0 Å². The van der Waals surface area contributed by atoms with Crippen LogP contribution in [0.2, 0.25) is 0 Å². The van der Waals surface area contributed by atoms with Crippen LogP contribution in [0.3, 0.4) is 0 Å². The van der Waals surface area contributed by atoms with Gasteiger partial charge in [-0.3, -0.25) is 14.7 Å². The number of hydrogen-bond donors (Lipinski definition) is 2. The highest BCUT2D eigenvalue weighted by atomic mass is 16.4. The Kier molecular flexibility index (Phi) is 3.44. The predicted octanol–water partition coefficient (Wildman–Crippen LogP) is 2.01. The summed E-state index contributed by atoms with van der Waals surface area (Å²) in [4.78, 5) is 25.3. The standard InChI is InChI=1S/C16H17N3O3/c1-16(15(21)22)7-8-19(10-16)14(20)13-9-12(17-18-13)11-5-3-2-4-6-11/h2-6,9H,7-8,10H2,1H3,(H,17,18)(H,21,22)/t16-/m0/s1. The number of hydrogen-bond acceptors (Lipinski definition) is 3. The number of benzene rings is 1. The molecule has 0 saturated carbocycles. The van der Waals surface area contributed by atoms with E-state index in [9.17, 15) is 14.7 Å². The van der Waals surface area contributed by atoms with Crippen molar-refractivity contribution in [3.8, 4) is 11.3 Å². The molecular formula is C16H17N3O3. The van der Waals surface area contributed by atoms with Crippen molar-refractivity contribution in [1.82, 2.24) is 15.1 Å². The number of nitrogens with one attached hydrogen (secondary N) is 1. The lowest BCUT2D eigenvalue weighted by Crippen LogP contribution is -2.35. The molecule has 0 aliphatic carbocycles. The third-order valence-electron chi connectivity index (χ3n) is 4.15. The topological polar surface area (TPSA) is 86.3 Å². The second-order valence-corrected chi connectivity index (χ2v) is 5.88. The minimum atomic E-state index is -0.864. The van der Waals surface area contributed by atoms with Gasteiger partial charge in [-0.2, -0.15) is 5.10 Å². The number of rotatable bonds is 3. The van der Waals surface area contributed by atoms with Gasteiger partial charge >= 0.3 is 5.97 Å². The summed E-state index contributed by atoms with van der Waals surface area (Å²) in [6.45, 7) is 2.34. The zero-order chi connectivity index (χ0) is 15.7. The second kappa shape index (κ2) is 5.29. The van der Waals surface area contributed by atoms with Gasteiger partial charge in [0.1, 0.15) is 5.69 Å². The maximum absolute atomic E-state index is 12.5. The van der Waals surface area contributed by atoms with Crippen LogP contribution in [0.1, 0.15) is 23.8 Å². The smallest absolute Gasteiger partial charge is 0.311 e. The van der Waals surface area contributed by atoms with E-state index >= 15 is 0 Å². The maximum atomic E-state index is 12.5. The highest BCUT2D eigenvalue weighted by Gasteiger charge is 2.42. The summed E-state index contributed by atoms with van der Waals surface area (Å²) in [5, 5.41) is 16.1. The Morgan fingerprint density at radius 2 is 2.05 bits per heavy atom. The van der Waals surface area contributed by atoms with Crippen LogP contribution >= 0.6 is 0 Å². The van der Waals surface area contributed by atoms with Gasteiger partial charge < -0.3 is 10.0 Å². The van der Waals surface area contributed by atoms with E-state index in [4.69, 9.17) is 0 Å². The van der Waals surface area contributed by atoms with E-state index in [0.29, 0.717) is 24.4 Å². The molecule has 3 rings (SSSR count). The number of carbonyl (C=O) groups excluding carboxylic acids is 1. The number of H-pyrrole nitrogens is 1. The minimum Gasteiger partial charge on any atom is -0.481 e. The molecule has 0 unspecified atom stereocenters. The first-order valence-corrected chi connectivity index (χ1v) is 7.13. The van der Waals surface area contributed by atoms with Crippen LogP contribution in [-0.2, 0) is 4.79 Å². The summed E-state index contributed by atoms with van der Waals surface area (Å²) in [6.07, 6.45) is 0.466. The molecule has 114 valence electrons. The number of aromatic amines is 1. The number of carboxylic acid groups (broad SMARTS) is 1. The Bertz CT molecular complexity index is 710. The van der Waals surface area contributed by atoms with Gasteiger partial charge in [0.15, 0.2) is 0 Å². The Balaban J connectivity index is 1.77. The maximum Gasteiger partial charge on any atom is 0.311 e. The number of aromatic nitrogens is 2. The molecule has 1 aliphatic rings. The fourth-order valence-electron chi connectivity index (χ4n) is 2.67. The number of amides is 1. The third-order valence-corrected chi connectivity index (χ3v) is 4.15. The SMILES string of the molecule is C[C@]1(C(=O)O)CCN(C(=O)c2cc(-c3ccccc3)n[nH]2)C1. The van der Waals surface area contributed by atoms with Crippen molar-refractivity contribution in [2.45, 2.75) is 13.3 Å². The lowest BCUT2D eigenvalue weighted by atomic mass is 9.90. The van der Waals surface area contributed by atoms with Gasteiger partial charge in [-0.25, -0.2) is 0 Å². The Morgan fingerprint density at radius 3 is 2.68 bits per heavy atom. The van der Waals surface area contributed by atoms with E-state index in [0.717, 1.165) is 5.56 Å². The average Bonchev–Trinajstić information content (AvgIpc) is 3.15.